The molecule has 0 saturated carbocycles. The largest absolute Gasteiger partial charge is 0.376 e. The van der Waals surface area contributed by atoms with Crippen molar-refractivity contribution >= 4 is 17.2 Å². The first-order valence-corrected chi connectivity index (χ1v) is 6.78. The van der Waals surface area contributed by atoms with Gasteiger partial charge in [-0.25, -0.2) is 0 Å². The fourth-order valence-corrected chi connectivity index (χ4v) is 3.24. The van der Waals surface area contributed by atoms with Crippen molar-refractivity contribution in [1.82, 2.24) is 5.32 Å². The van der Waals surface area contributed by atoms with Crippen LogP contribution >= 0.6 is 12.2 Å². The normalized spacial score (nSPS) is 31.5. The van der Waals surface area contributed by atoms with Crippen LogP contribution in [0.15, 0.2) is 30.3 Å². The number of piperidine rings is 1. The van der Waals surface area contributed by atoms with Gasteiger partial charge in [0.2, 0.25) is 0 Å². The molecule has 1 heterocycles. The van der Waals surface area contributed by atoms with Crippen LogP contribution in [0.4, 0.5) is 0 Å². The average molecular weight is 258 g/mol. The quantitative estimate of drug-likeness (QED) is 0.829. The van der Waals surface area contributed by atoms with Gasteiger partial charge in [0.05, 0.1) is 17.0 Å². The second kappa shape index (κ2) is 5.49. The molecule has 1 aromatic carbocycles. The van der Waals surface area contributed by atoms with Gasteiger partial charge in [0, 0.05) is 6.04 Å². The van der Waals surface area contributed by atoms with Gasteiger partial charge in [0.25, 0.3) is 0 Å². The Morgan fingerprint density at radius 1 is 1.28 bits per heavy atom. The van der Waals surface area contributed by atoms with E-state index >= 15 is 0 Å². The molecule has 2 nitrogen and oxygen atoms in total. The average Bonchev–Trinajstić information content (AvgIpc) is 2.36. The number of nitrogens with one attached hydrogen (secondary N) is 1. The van der Waals surface area contributed by atoms with E-state index in [1.165, 1.54) is 5.56 Å². The summed E-state index contributed by atoms with van der Waals surface area (Å²) in [6, 6.07) is 13.1. The summed E-state index contributed by atoms with van der Waals surface area (Å²) in [6.45, 7) is 4.30. The molecule has 4 atom stereocenters. The van der Waals surface area contributed by atoms with Crippen molar-refractivity contribution < 1.29 is 0 Å². The number of benzene rings is 1. The van der Waals surface area contributed by atoms with Crippen molar-refractivity contribution in [2.45, 2.75) is 26.3 Å². The van der Waals surface area contributed by atoms with E-state index in [-0.39, 0.29) is 5.92 Å². The molecule has 1 aliphatic rings. The minimum absolute atomic E-state index is 0.148. The lowest BCUT2D eigenvalue weighted by molar-refractivity contribution is 0.245. The Labute approximate surface area is 114 Å². The van der Waals surface area contributed by atoms with Crippen molar-refractivity contribution in [2.75, 3.05) is 0 Å². The number of hydrogen-bond acceptors (Lipinski definition) is 2. The number of rotatable bonds is 2. The van der Waals surface area contributed by atoms with Crippen molar-refractivity contribution in [3.63, 3.8) is 0 Å². The van der Waals surface area contributed by atoms with Gasteiger partial charge in [-0.15, -0.1) is 0 Å². The Hall–Kier alpha value is -1.40. The minimum Gasteiger partial charge on any atom is -0.376 e. The molecular weight excluding hydrogens is 240 g/mol. The van der Waals surface area contributed by atoms with Crippen LogP contribution in [0.3, 0.4) is 0 Å². The van der Waals surface area contributed by atoms with Gasteiger partial charge < -0.3 is 5.32 Å². The van der Waals surface area contributed by atoms with Gasteiger partial charge in [-0.1, -0.05) is 49.5 Å². The van der Waals surface area contributed by atoms with E-state index in [9.17, 15) is 5.26 Å². The first kappa shape index (κ1) is 13.0. The maximum absolute atomic E-state index is 9.22. The molecule has 4 unspecified atom stereocenters. The summed E-state index contributed by atoms with van der Waals surface area (Å²) in [7, 11) is 0. The highest BCUT2D eigenvalue weighted by Crippen LogP contribution is 2.31. The first-order valence-electron chi connectivity index (χ1n) is 6.37. The highest BCUT2D eigenvalue weighted by atomic mass is 32.1. The Kier molecular flexibility index (Phi) is 3.98. The molecule has 1 saturated heterocycles. The van der Waals surface area contributed by atoms with E-state index < -0.39 is 0 Å². The molecule has 0 aromatic heterocycles. The smallest absolute Gasteiger partial charge is 0.0993 e. The second-order valence-electron chi connectivity index (χ2n) is 5.12. The van der Waals surface area contributed by atoms with Crippen LogP contribution in [0, 0.1) is 29.1 Å². The molecule has 0 aliphatic carbocycles. The molecule has 1 fully saturated rings. The van der Waals surface area contributed by atoms with Gasteiger partial charge >= 0.3 is 0 Å². The molecule has 18 heavy (non-hydrogen) atoms. The monoisotopic (exact) mass is 258 g/mol. The standard InChI is InChI=1S/C15H18N2S/c1-10-13(8-12-6-4-3-5-7-12)11(2)17-15(18)14(10)9-16/h3-7,10-11,13-14H,8H2,1-2H3,(H,17,18). The predicted molar refractivity (Wildman–Crippen MR) is 77.1 cm³/mol. The van der Waals surface area contributed by atoms with Gasteiger partial charge in [-0.3, -0.25) is 0 Å². The van der Waals surface area contributed by atoms with Crippen LogP contribution in [-0.4, -0.2) is 11.0 Å². The number of nitriles is 1. The van der Waals surface area contributed by atoms with E-state index in [2.05, 4.69) is 49.5 Å². The first-order chi connectivity index (χ1) is 8.63. The summed E-state index contributed by atoms with van der Waals surface area (Å²) in [5, 5.41) is 12.5. The van der Waals surface area contributed by atoms with Crippen LogP contribution in [0.25, 0.3) is 0 Å². The maximum atomic E-state index is 9.22. The molecule has 0 radical (unpaired) electrons. The Balaban J connectivity index is 2.16. The summed E-state index contributed by atoms with van der Waals surface area (Å²) < 4.78 is 0. The lowest BCUT2D eigenvalue weighted by Crippen LogP contribution is -2.51. The Bertz CT molecular complexity index is 463. The van der Waals surface area contributed by atoms with Gasteiger partial charge in [-0.2, -0.15) is 5.26 Å². The predicted octanol–water partition coefficient (Wildman–Crippen LogP) is 2.94. The zero-order chi connectivity index (χ0) is 13.1. The molecule has 94 valence electrons. The van der Waals surface area contributed by atoms with E-state index in [4.69, 9.17) is 12.2 Å². The third-order valence-corrected chi connectivity index (χ3v) is 4.32. The molecule has 3 heteroatoms. The van der Waals surface area contributed by atoms with Crippen molar-refractivity contribution in [1.29, 1.82) is 5.26 Å². The van der Waals surface area contributed by atoms with Crippen LogP contribution in [0.1, 0.15) is 19.4 Å². The third-order valence-electron chi connectivity index (χ3n) is 3.95. The fourth-order valence-electron chi connectivity index (χ4n) is 2.79. The van der Waals surface area contributed by atoms with Crippen molar-refractivity contribution in [2.24, 2.45) is 17.8 Å². The summed E-state index contributed by atoms with van der Waals surface area (Å²) in [5.41, 5.74) is 1.33. The van der Waals surface area contributed by atoms with E-state index in [0.717, 1.165) is 6.42 Å². The van der Waals surface area contributed by atoms with Gasteiger partial charge in [0.15, 0.2) is 0 Å². The second-order valence-corrected chi connectivity index (χ2v) is 5.56. The van der Waals surface area contributed by atoms with Gasteiger partial charge in [-0.05, 0) is 30.7 Å². The molecular formula is C15H18N2S. The molecule has 1 aromatic rings. The fraction of sp³-hybridized carbons (Fsp3) is 0.467. The lowest BCUT2D eigenvalue weighted by Gasteiger charge is -2.39. The topological polar surface area (TPSA) is 35.8 Å². The lowest BCUT2D eigenvalue weighted by atomic mass is 9.73. The van der Waals surface area contributed by atoms with Gasteiger partial charge in [0.1, 0.15) is 0 Å². The number of hydrogen-bond donors (Lipinski definition) is 1. The molecule has 0 bridgehead atoms. The van der Waals surface area contributed by atoms with Crippen molar-refractivity contribution in [3.8, 4) is 6.07 Å². The Morgan fingerprint density at radius 2 is 1.94 bits per heavy atom. The summed E-state index contributed by atoms with van der Waals surface area (Å²) in [5.74, 6) is 0.604. The number of nitrogens with zero attached hydrogens (tertiary/aromatic N) is 1. The zero-order valence-electron chi connectivity index (χ0n) is 10.8. The zero-order valence-corrected chi connectivity index (χ0v) is 11.6. The molecule has 0 amide bonds. The van der Waals surface area contributed by atoms with E-state index in [1.807, 2.05) is 6.07 Å². The summed E-state index contributed by atoms with van der Waals surface area (Å²) in [6.07, 6.45) is 0.997. The summed E-state index contributed by atoms with van der Waals surface area (Å²) in [4.78, 5) is 0.710. The van der Waals surface area contributed by atoms with Crippen LogP contribution in [0.2, 0.25) is 0 Å². The minimum atomic E-state index is -0.148. The molecule has 1 aliphatic heterocycles. The highest BCUT2D eigenvalue weighted by Gasteiger charge is 2.37. The maximum Gasteiger partial charge on any atom is 0.0993 e. The summed E-state index contributed by atoms with van der Waals surface area (Å²) >= 11 is 5.26. The Morgan fingerprint density at radius 3 is 2.56 bits per heavy atom. The van der Waals surface area contributed by atoms with Crippen molar-refractivity contribution in [3.05, 3.63) is 35.9 Å². The molecule has 1 N–H and O–H groups in total. The highest BCUT2D eigenvalue weighted by molar-refractivity contribution is 7.80. The molecule has 0 spiro atoms. The number of thiocarbonyl (C=S) groups is 1. The molecule has 2 rings (SSSR count). The SMILES string of the molecule is CC1NC(=S)C(C#N)C(C)C1Cc1ccccc1. The van der Waals surface area contributed by atoms with Crippen LogP contribution < -0.4 is 5.32 Å². The van der Waals surface area contributed by atoms with E-state index in [1.54, 1.807) is 0 Å². The van der Waals surface area contributed by atoms with Crippen LogP contribution in [0.5, 0.6) is 0 Å². The van der Waals surface area contributed by atoms with Crippen LogP contribution in [-0.2, 0) is 6.42 Å². The third kappa shape index (κ3) is 2.54. The van der Waals surface area contributed by atoms with E-state index in [0.29, 0.717) is 22.9 Å².